The molecule has 0 aliphatic carbocycles. The summed E-state index contributed by atoms with van der Waals surface area (Å²) in [6.45, 7) is 13.3. The molecule has 388 valence electrons. The van der Waals surface area contributed by atoms with Crippen molar-refractivity contribution in [3.8, 4) is 22.6 Å². The van der Waals surface area contributed by atoms with Crippen LogP contribution in [0.4, 0.5) is 16.6 Å². The first-order chi connectivity index (χ1) is 36.7. The number of nitrogens with one attached hydrogen (secondary N) is 2. The molecule has 0 bridgehead atoms. The van der Waals surface area contributed by atoms with Crippen LogP contribution >= 0.6 is 11.3 Å². The Morgan fingerprint density at radius 3 is 2.39 bits per heavy atom. The summed E-state index contributed by atoms with van der Waals surface area (Å²) in [6, 6.07) is 37.9. The molecule has 16 heteroatoms. The zero-order valence-corrected chi connectivity index (χ0v) is 44.3. The van der Waals surface area contributed by atoms with Crippen LogP contribution in [0.15, 0.2) is 115 Å². The SMILES string of the molecule is Cc1c(Oc2ccc(CCCN3CCN(c4cccc5c(C6CCC(=O)NC6=O)nn(C)c45)CC3)cc2)cccc1-c1ccc(N2CCc3cccc(C(=O)Nc4nc5ccccc5s4)c3C2)nc1C(=O)OC(C)(C)C. The Labute approximate surface area is 445 Å². The number of thiazole rings is 1. The molecule has 11 rings (SSSR count). The molecule has 15 nitrogen and oxygen atoms in total. The van der Waals surface area contributed by atoms with Crippen LogP contribution in [0.3, 0.4) is 0 Å². The van der Waals surface area contributed by atoms with Crippen molar-refractivity contribution >= 4 is 72.8 Å². The van der Waals surface area contributed by atoms with E-state index in [9.17, 15) is 19.2 Å². The zero-order valence-electron chi connectivity index (χ0n) is 43.5. The van der Waals surface area contributed by atoms with Crippen LogP contribution in [-0.4, -0.2) is 93.2 Å². The Morgan fingerprint density at radius 2 is 1.61 bits per heavy atom. The van der Waals surface area contributed by atoms with Gasteiger partial charge in [-0.2, -0.15) is 5.10 Å². The lowest BCUT2D eigenvalue weighted by atomic mass is 9.92. The van der Waals surface area contributed by atoms with Crippen LogP contribution in [-0.2, 0) is 40.8 Å². The molecular weight excluding hydrogens is 975 g/mol. The van der Waals surface area contributed by atoms with Gasteiger partial charge in [0.2, 0.25) is 11.8 Å². The van der Waals surface area contributed by atoms with Crippen LogP contribution < -0.4 is 25.2 Å². The highest BCUT2D eigenvalue weighted by Crippen LogP contribution is 2.38. The monoisotopic (exact) mass is 1040 g/mol. The highest BCUT2D eigenvalue weighted by molar-refractivity contribution is 7.22. The zero-order chi connectivity index (χ0) is 52.7. The molecule has 0 spiro atoms. The van der Waals surface area contributed by atoms with Gasteiger partial charge in [0, 0.05) is 69.3 Å². The molecule has 3 aliphatic rings. The lowest BCUT2D eigenvalue weighted by Gasteiger charge is -2.36. The molecule has 2 saturated heterocycles. The minimum absolute atomic E-state index is 0.205. The van der Waals surface area contributed by atoms with Crippen LogP contribution in [0.25, 0.3) is 32.2 Å². The van der Waals surface area contributed by atoms with Gasteiger partial charge < -0.3 is 19.3 Å². The summed E-state index contributed by atoms with van der Waals surface area (Å²) < 4.78 is 15.4. The van der Waals surface area contributed by atoms with Crippen molar-refractivity contribution in [2.75, 3.05) is 54.4 Å². The lowest BCUT2D eigenvalue weighted by Crippen LogP contribution is -2.46. The fourth-order valence-electron chi connectivity index (χ4n) is 10.8. The predicted octanol–water partition coefficient (Wildman–Crippen LogP) is 10.4. The lowest BCUT2D eigenvalue weighted by molar-refractivity contribution is -0.134. The number of aryl methyl sites for hydroxylation is 2. The first-order valence-electron chi connectivity index (χ1n) is 26.1. The summed E-state index contributed by atoms with van der Waals surface area (Å²) >= 11 is 1.44. The summed E-state index contributed by atoms with van der Waals surface area (Å²) in [6.07, 6.45) is 3.46. The van der Waals surface area contributed by atoms with Gasteiger partial charge >= 0.3 is 5.97 Å². The molecular formula is C60H61N9O6S. The maximum absolute atomic E-state index is 14.1. The van der Waals surface area contributed by atoms with E-state index in [1.54, 1.807) is 0 Å². The van der Waals surface area contributed by atoms with Crippen molar-refractivity contribution in [1.29, 1.82) is 0 Å². The van der Waals surface area contributed by atoms with Crippen molar-refractivity contribution in [3.63, 3.8) is 0 Å². The van der Waals surface area contributed by atoms with Crippen LogP contribution in [0.2, 0.25) is 0 Å². The number of fused-ring (bicyclic) bond motifs is 3. The van der Waals surface area contributed by atoms with Gasteiger partial charge in [-0.3, -0.25) is 34.6 Å². The molecule has 3 aliphatic heterocycles. The standard InChI is InChI=1S/C60H61N9O6S/c1-37-41(42-25-27-51(62-54(42)58(73)75-60(2,3)4)69-31-29-39-13-8-15-43(46(39)36-69)56(71)64-59-61-47-17-6-7-20-50(47)76-59)14-10-19-49(37)74-40-23-21-38(22-24-40)12-11-30-67-32-34-68(35-33-67)48-18-9-16-44-53(65-66(5)55(44)48)45-26-28-52(70)63-57(45)72/h6-10,13-25,27,45H,11-12,26,28-36H2,1-5H3,(H,61,64,71)(H,63,70,72). The average molecular weight is 1040 g/mol. The van der Waals surface area contributed by atoms with E-state index >= 15 is 0 Å². The fraction of sp³-hybridized carbons (Fsp3) is 0.317. The summed E-state index contributed by atoms with van der Waals surface area (Å²) in [4.78, 5) is 69.2. The fourth-order valence-corrected chi connectivity index (χ4v) is 11.7. The van der Waals surface area contributed by atoms with Crippen LogP contribution in [0.1, 0.15) is 94.7 Å². The second-order valence-electron chi connectivity index (χ2n) is 20.9. The van der Waals surface area contributed by atoms with E-state index in [1.807, 2.05) is 130 Å². The van der Waals surface area contributed by atoms with Crippen LogP contribution in [0, 0.1) is 6.92 Å². The van der Waals surface area contributed by atoms with E-state index in [-0.39, 0.29) is 23.4 Å². The van der Waals surface area contributed by atoms with Gasteiger partial charge in [0.05, 0.1) is 33.0 Å². The second kappa shape index (κ2) is 21.0. The van der Waals surface area contributed by atoms with Gasteiger partial charge in [0.15, 0.2) is 10.8 Å². The molecule has 76 heavy (non-hydrogen) atoms. The smallest absolute Gasteiger partial charge is 0.358 e. The quantitative estimate of drug-likeness (QED) is 0.0831. The number of rotatable bonds is 13. The molecule has 0 saturated carbocycles. The van der Waals surface area contributed by atoms with Gasteiger partial charge in [-0.05, 0) is 142 Å². The number of benzene rings is 5. The number of carbonyl (C=O) groups excluding carboxylic acids is 4. The number of piperazine rings is 1. The molecule has 1 atom stereocenters. The van der Waals surface area contributed by atoms with E-state index in [2.05, 4.69) is 54.6 Å². The van der Waals surface area contributed by atoms with E-state index in [0.717, 1.165) is 100 Å². The second-order valence-corrected chi connectivity index (χ2v) is 21.9. The third-order valence-corrected chi connectivity index (χ3v) is 15.6. The van der Waals surface area contributed by atoms with Crippen molar-refractivity contribution in [2.24, 2.45) is 7.05 Å². The van der Waals surface area contributed by atoms with E-state index in [1.165, 1.54) is 16.9 Å². The van der Waals surface area contributed by atoms with E-state index in [0.29, 0.717) is 65.9 Å². The molecule has 1 unspecified atom stereocenters. The number of pyridine rings is 1. The van der Waals surface area contributed by atoms with Gasteiger partial charge in [-0.1, -0.05) is 72.0 Å². The molecule has 3 amide bonds. The van der Waals surface area contributed by atoms with E-state index < -0.39 is 17.5 Å². The Bertz CT molecular complexity index is 3500. The Balaban J connectivity index is 0.730. The van der Waals surface area contributed by atoms with Crippen molar-refractivity contribution in [3.05, 3.63) is 154 Å². The largest absolute Gasteiger partial charge is 0.457 e. The number of nitrogens with zero attached hydrogens (tertiary/aromatic N) is 7. The third-order valence-electron chi connectivity index (χ3n) is 14.6. The average Bonchev–Trinajstić information content (AvgIpc) is 4.02. The van der Waals surface area contributed by atoms with Crippen molar-refractivity contribution in [2.45, 2.75) is 77.9 Å². The van der Waals surface area contributed by atoms with E-state index in [4.69, 9.17) is 19.6 Å². The summed E-state index contributed by atoms with van der Waals surface area (Å²) in [5.41, 5.74) is 9.30. The number of ether oxygens (including phenoxy) is 2. The molecule has 0 radical (unpaired) electrons. The molecule has 8 aromatic rings. The van der Waals surface area contributed by atoms with Crippen molar-refractivity contribution in [1.82, 2.24) is 30.0 Å². The number of aromatic nitrogens is 4. The Hall–Kier alpha value is -7.95. The van der Waals surface area contributed by atoms with Crippen molar-refractivity contribution < 1.29 is 28.7 Å². The molecule has 5 aromatic carbocycles. The number of carbonyl (C=O) groups is 4. The maximum Gasteiger partial charge on any atom is 0.358 e. The predicted molar refractivity (Wildman–Crippen MR) is 298 cm³/mol. The number of imide groups is 1. The number of anilines is 3. The molecule has 2 N–H and O–H groups in total. The molecule has 2 fully saturated rings. The van der Waals surface area contributed by atoms with Crippen LogP contribution in [0.5, 0.6) is 11.5 Å². The first-order valence-corrected chi connectivity index (χ1v) is 26.9. The van der Waals surface area contributed by atoms with Gasteiger partial charge in [-0.15, -0.1) is 0 Å². The highest BCUT2D eigenvalue weighted by atomic mass is 32.1. The minimum Gasteiger partial charge on any atom is -0.457 e. The molecule has 3 aromatic heterocycles. The normalized spacial score (nSPS) is 16.2. The third kappa shape index (κ3) is 10.5. The van der Waals surface area contributed by atoms with Gasteiger partial charge in [0.25, 0.3) is 5.91 Å². The summed E-state index contributed by atoms with van der Waals surface area (Å²) in [7, 11) is 1.93. The number of piperidine rings is 1. The van der Waals surface area contributed by atoms with Gasteiger partial charge in [-0.25, -0.2) is 14.8 Å². The topological polar surface area (TPSA) is 164 Å². The molecule has 6 heterocycles. The Kier molecular flexibility index (Phi) is 13.9. The maximum atomic E-state index is 14.1. The number of amides is 3. The first kappa shape index (κ1) is 50.2. The highest BCUT2D eigenvalue weighted by Gasteiger charge is 2.33. The minimum atomic E-state index is -0.754. The number of para-hydroxylation sites is 2. The number of hydrogen-bond acceptors (Lipinski definition) is 13. The summed E-state index contributed by atoms with van der Waals surface area (Å²) in [5, 5.41) is 11.8. The van der Waals surface area contributed by atoms with Gasteiger partial charge in [0.1, 0.15) is 22.9 Å². The Morgan fingerprint density at radius 1 is 0.816 bits per heavy atom. The number of esters is 1. The number of hydrogen-bond donors (Lipinski definition) is 2. The summed E-state index contributed by atoms with van der Waals surface area (Å²) in [5.74, 6) is 0.333.